The predicted molar refractivity (Wildman–Crippen MR) is 80.2 cm³/mol. The minimum Gasteiger partial charge on any atom is -0.450 e. The van der Waals surface area contributed by atoms with E-state index in [9.17, 15) is 9.59 Å². The average molecular weight is 292 g/mol. The quantitative estimate of drug-likeness (QED) is 0.796. The molecule has 1 aromatic rings. The first-order valence-electron chi connectivity index (χ1n) is 6.89. The van der Waals surface area contributed by atoms with Crippen molar-refractivity contribution in [3.63, 3.8) is 0 Å². The zero-order valence-corrected chi connectivity index (χ0v) is 12.0. The third-order valence-corrected chi connectivity index (χ3v) is 3.49. The molecule has 1 aliphatic rings. The van der Waals surface area contributed by atoms with Gasteiger partial charge in [0.2, 0.25) is 0 Å². The molecule has 0 atom stereocenters. The molecule has 0 aliphatic carbocycles. The first-order chi connectivity index (χ1) is 10.0. The van der Waals surface area contributed by atoms with E-state index in [1.165, 1.54) is 0 Å². The average Bonchev–Trinajstić information content (AvgIpc) is 2.47. The second-order valence-electron chi connectivity index (χ2n) is 4.78. The van der Waals surface area contributed by atoms with Gasteiger partial charge >= 0.3 is 6.09 Å². The monoisotopic (exact) mass is 292 g/mol. The van der Waals surface area contributed by atoms with E-state index in [4.69, 9.17) is 16.2 Å². The van der Waals surface area contributed by atoms with Crippen LogP contribution < -0.4 is 16.4 Å². The maximum Gasteiger partial charge on any atom is 0.409 e. The van der Waals surface area contributed by atoms with Crippen LogP contribution in [0.5, 0.6) is 0 Å². The Balaban J connectivity index is 2.07. The summed E-state index contributed by atoms with van der Waals surface area (Å²) in [6.45, 7) is 4.52. The van der Waals surface area contributed by atoms with Gasteiger partial charge in [-0.1, -0.05) is 6.07 Å². The molecule has 7 nitrogen and oxygen atoms in total. The van der Waals surface area contributed by atoms with Crippen LogP contribution in [0.2, 0.25) is 0 Å². The van der Waals surface area contributed by atoms with Gasteiger partial charge in [-0.05, 0) is 19.1 Å². The van der Waals surface area contributed by atoms with Gasteiger partial charge in [-0.25, -0.2) is 4.79 Å². The van der Waals surface area contributed by atoms with Gasteiger partial charge in [0.05, 0.1) is 23.5 Å². The highest BCUT2D eigenvalue weighted by atomic mass is 16.6. The van der Waals surface area contributed by atoms with Crippen LogP contribution in [0.3, 0.4) is 0 Å². The van der Waals surface area contributed by atoms with Crippen molar-refractivity contribution < 1.29 is 14.3 Å². The molecule has 0 bridgehead atoms. The maximum absolute atomic E-state index is 11.7. The fourth-order valence-corrected chi connectivity index (χ4v) is 2.39. The Morgan fingerprint density at radius 1 is 1.24 bits per heavy atom. The summed E-state index contributed by atoms with van der Waals surface area (Å²) in [4.78, 5) is 26.7. The summed E-state index contributed by atoms with van der Waals surface area (Å²) < 4.78 is 4.98. The molecule has 0 radical (unpaired) electrons. The van der Waals surface area contributed by atoms with E-state index in [1.54, 1.807) is 24.0 Å². The summed E-state index contributed by atoms with van der Waals surface area (Å²) in [5.41, 5.74) is 12.8. The Kier molecular flexibility index (Phi) is 4.52. The number of primary amides is 1. The standard InChI is InChI=1S/C14H20N4O3/c1-2-21-14(20)18-8-6-17(7-9-18)11-5-3-4-10(12(11)15)13(16)19/h3-5H,2,6-9,15H2,1H3,(H2,16,19). The first kappa shape index (κ1) is 15.0. The number of nitrogens with two attached hydrogens (primary N) is 2. The number of rotatable bonds is 3. The number of anilines is 2. The van der Waals surface area contributed by atoms with Crippen LogP contribution in [-0.2, 0) is 4.74 Å². The molecular weight excluding hydrogens is 272 g/mol. The highest BCUT2D eigenvalue weighted by Crippen LogP contribution is 2.27. The Hall–Kier alpha value is -2.44. The number of ether oxygens (including phenoxy) is 1. The number of amides is 2. The van der Waals surface area contributed by atoms with Crippen molar-refractivity contribution in [1.29, 1.82) is 0 Å². The third-order valence-electron chi connectivity index (χ3n) is 3.49. The van der Waals surface area contributed by atoms with E-state index < -0.39 is 5.91 Å². The fraction of sp³-hybridized carbons (Fsp3) is 0.429. The van der Waals surface area contributed by atoms with Crippen molar-refractivity contribution in [3.8, 4) is 0 Å². The molecule has 4 N–H and O–H groups in total. The van der Waals surface area contributed by atoms with Crippen molar-refractivity contribution in [2.24, 2.45) is 5.73 Å². The van der Waals surface area contributed by atoms with Crippen LogP contribution in [0.4, 0.5) is 16.2 Å². The summed E-state index contributed by atoms with van der Waals surface area (Å²) in [7, 11) is 0. The molecule has 0 saturated carbocycles. The number of benzene rings is 1. The number of carbonyl (C=O) groups is 2. The molecule has 21 heavy (non-hydrogen) atoms. The zero-order valence-electron chi connectivity index (χ0n) is 12.0. The molecular formula is C14H20N4O3. The van der Waals surface area contributed by atoms with Crippen molar-refractivity contribution >= 4 is 23.4 Å². The normalized spacial score (nSPS) is 14.9. The van der Waals surface area contributed by atoms with E-state index in [1.807, 2.05) is 11.0 Å². The molecule has 2 amide bonds. The molecule has 1 saturated heterocycles. The third kappa shape index (κ3) is 3.18. The van der Waals surface area contributed by atoms with Gasteiger partial charge in [0.1, 0.15) is 0 Å². The minimum atomic E-state index is -0.542. The predicted octanol–water partition coefficient (Wildman–Crippen LogP) is 0.646. The van der Waals surface area contributed by atoms with Gasteiger partial charge in [0.15, 0.2) is 0 Å². The molecule has 2 rings (SSSR count). The van der Waals surface area contributed by atoms with Crippen molar-refractivity contribution in [2.45, 2.75) is 6.92 Å². The maximum atomic E-state index is 11.7. The Morgan fingerprint density at radius 2 is 1.90 bits per heavy atom. The lowest BCUT2D eigenvalue weighted by molar-refractivity contribution is 0.100. The van der Waals surface area contributed by atoms with Crippen LogP contribution in [0, 0.1) is 0 Å². The van der Waals surface area contributed by atoms with E-state index in [-0.39, 0.29) is 6.09 Å². The second kappa shape index (κ2) is 6.34. The summed E-state index contributed by atoms with van der Waals surface area (Å²) in [6, 6.07) is 5.21. The SMILES string of the molecule is CCOC(=O)N1CCN(c2cccc(C(N)=O)c2N)CC1. The van der Waals surface area contributed by atoms with E-state index in [0.717, 1.165) is 5.69 Å². The van der Waals surface area contributed by atoms with Gasteiger partial charge in [0.25, 0.3) is 5.91 Å². The molecule has 1 heterocycles. The smallest absolute Gasteiger partial charge is 0.409 e. The Morgan fingerprint density at radius 3 is 2.48 bits per heavy atom. The van der Waals surface area contributed by atoms with Crippen molar-refractivity contribution in [1.82, 2.24) is 4.90 Å². The molecule has 0 aromatic heterocycles. The molecule has 1 fully saturated rings. The van der Waals surface area contributed by atoms with E-state index >= 15 is 0 Å². The molecule has 7 heteroatoms. The topological polar surface area (TPSA) is 102 Å². The lowest BCUT2D eigenvalue weighted by atomic mass is 10.1. The van der Waals surface area contributed by atoms with Crippen LogP contribution in [0.15, 0.2) is 18.2 Å². The number of piperazine rings is 1. The molecule has 0 spiro atoms. The first-order valence-corrected chi connectivity index (χ1v) is 6.89. The van der Waals surface area contributed by atoms with Gasteiger partial charge < -0.3 is 26.0 Å². The summed E-state index contributed by atoms with van der Waals surface area (Å²) in [5, 5.41) is 0. The van der Waals surface area contributed by atoms with E-state index in [0.29, 0.717) is 44.0 Å². The highest BCUT2D eigenvalue weighted by Gasteiger charge is 2.23. The van der Waals surface area contributed by atoms with E-state index in [2.05, 4.69) is 0 Å². The van der Waals surface area contributed by atoms with Crippen LogP contribution in [-0.4, -0.2) is 49.7 Å². The van der Waals surface area contributed by atoms with Gasteiger partial charge in [-0.2, -0.15) is 0 Å². The van der Waals surface area contributed by atoms with Crippen LogP contribution in [0.25, 0.3) is 0 Å². The molecule has 0 unspecified atom stereocenters. The number of carbonyl (C=O) groups excluding carboxylic acids is 2. The number of hydrogen-bond donors (Lipinski definition) is 2. The molecule has 1 aromatic carbocycles. The minimum absolute atomic E-state index is 0.295. The summed E-state index contributed by atoms with van der Waals surface area (Å²) in [6.07, 6.45) is -0.295. The van der Waals surface area contributed by atoms with Crippen molar-refractivity contribution in [3.05, 3.63) is 23.8 Å². The lowest BCUT2D eigenvalue weighted by Gasteiger charge is -2.36. The summed E-state index contributed by atoms with van der Waals surface area (Å²) >= 11 is 0. The van der Waals surface area contributed by atoms with Gasteiger partial charge in [-0.3, -0.25) is 4.79 Å². The zero-order chi connectivity index (χ0) is 15.4. The Labute approximate surface area is 123 Å². The lowest BCUT2D eigenvalue weighted by Crippen LogP contribution is -2.49. The second-order valence-corrected chi connectivity index (χ2v) is 4.78. The highest BCUT2D eigenvalue weighted by molar-refractivity contribution is 6.00. The molecule has 1 aliphatic heterocycles. The van der Waals surface area contributed by atoms with Crippen LogP contribution >= 0.6 is 0 Å². The Bertz CT molecular complexity index is 539. The number of hydrogen-bond acceptors (Lipinski definition) is 5. The number of nitrogen functional groups attached to an aromatic ring is 1. The molecule has 114 valence electrons. The number of para-hydroxylation sites is 1. The fourth-order valence-electron chi connectivity index (χ4n) is 2.39. The largest absolute Gasteiger partial charge is 0.450 e. The van der Waals surface area contributed by atoms with Gasteiger partial charge in [0, 0.05) is 26.2 Å². The number of nitrogens with zero attached hydrogens (tertiary/aromatic N) is 2. The van der Waals surface area contributed by atoms with Crippen molar-refractivity contribution in [2.75, 3.05) is 43.4 Å². The van der Waals surface area contributed by atoms with Gasteiger partial charge in [-0.15, -0.1) is 0 Å². The summed E-state index contributed by atoms with van der Waals surface area (Å²) in [5.74, 6) is -0.542. The van der Waals surface area contributed by atoms with Crippen LogP contribution in [0.1, 0.15) is 17.3 Å².